The monoisotopic (exact) mass is 426 g/mol. The second-order valence-corrected chi connectivity index (χ2v) is 8.79. The highest BCUT2D eigenvalue weighted by molar-refractivity contribution is 9.10. The number of fused-ring (bicyclic) bond motifs is 1. The van der Waals surface area contributed by atoms with E-state index in [9.17, 15) is 13.5 Å². The van der Waals surface area contributed by atoms with Crippen molar-refractivity contribution in [1.29, 1.82) is 0 Å². The molecule has 0 saturated heterocycles. The molecule has 1 heterocycles. The number of halogens is 1. The van der Waals surface area contributed by atoms with Crippen LogP contribution >= 0.6 is 15.9 Å². The van der Waals surface area contributed by atoms with Gasteiger partial charge in [-0.1, -0.05) is 39.7 Å². The molecule has 0 bridgehead atoms. The molecule has 134 valence electrons. The van der Waals surface area contributed by atoms with E-state index >= 15 is 0 Å². The van der Waals surface area contributed by atoms with Crippen LogP contribution in [-0.4, -0.2) is 33.3 Å². The lowest BCUT2D eigenvalue weighted by atomic mass is 9.79. The first-order valence-electron chi connectivity index (χ1n) is 7.80. The molecule has 1 atom stereocenters. The fourth-order valence-corrected chi connectivity index (χ4v) is 4.21. The Labute approximate surface area is 155 Å². The number of aliphatic hydroxyl groups excluding tert-OH is 1. The van der Waals surface area contributed by atoms with Crippen LogP contribution in [0.1, 0.15) is 16.7 Å². The van der Waals surface area contributed by atoms with Crippen molar-refractivity contribution in [2.24, 2.45) is 0 Å². The minimum absolute atomic E-state index is 0.0948. The van der Waals surface area contributed by atoms with Crippen molar-refractivity contribution in [3.63, 3.8) is 0 Å². The topological polar surface area (TPSA) is 72.8 Å². The molecular weight excluding hydrogens is 408 g/mol. The van der Waals surface area contributed by atoms with Crippen LogP contribution in [0, 0.1) is 6.92 Å². The number of aliphatic hydroxyl groups is 1. The maximum Gasteiger partial charge on any atom is 0.297 e. The van der Waals surface area contributed by atoms with E-state index in [-0.39, 0.29) is 24.7 Å². The molecule has 0 saturated carbocycles. The second-order valence-electron chi connectivity index (χ2n) is 6.26. The molecule has 0 spiro atoms. The lowest BCUT2D eigenvalue weighted by molar-refractivity contribution is 0.00303. The zero-order chi connectivity index (χ0) is 18.1. The number of hydrogen-bond donors (Lipinski definition) is 1. The lowest BCUT2D eigenvalue weighted by Gasteiger charge is -2.37. The minimum atomic E-state index is -3.92. The van der Waals surface area contributed by atoms with Gasteiger partial charge in [-0.15, -0.1) is 0 Å². The van der Waals surface area contributed by atoms with Gasteiger partial charge in [-0.25, -0.2) is 0 Å². The van der Waals surface area contributed by atoms with E-state index in [4.69, 9.17) is 8.92 Å². The Bertz CT molecular complexity index is 864. The number of rotatable bonds is 5. The number of hydrogen-bond acceptors (Lipinski definition) is 5. The molecule has 5 nitrogen and oxygen atoms in total. The van der Waals surface area contributed by atoms with Gasteiger partial charge in [-0.05, 0) is 42.3 Å². The molecule has 1 aliphatic rings. The van der Waals surface area contributed by atoms with Crippen LogP contribution in [0.15, 0.2) is 51.8 Å². The van der Waals surface area contributed by atoms with E-state index in [1.54, 1.807) is 12.1 Å². The van der Waals surface area contributed by atoms with Crippen molar-refractivity contribution in [3.05, 3.63) is 63.6 Å². The van der Waals surface area contributed by atoms with Gasteiger partial charge in [0.2, 0.25) is 0 Å². The van der Waals surface area contributed by atoms with Crippen molar-refractivity contribution in [1.82, 2.24) is 0 Å². The molecule has 2 aromatic carbocycles. The van der Waals surface area contributed by atoms with Gasteiger partial charge in [0.05, 0.1) is 36.7 Å². The van der Waals surface area contributed by atoms with Gasteiger partial charge in [0.15, 0.2) is 0 Å². The summed E-state index contributed by atoms with van der Waals surface area (Å²) >= 11 is 3.42. The maximum atomic E-state index is 12.5. The molecule has 0 radical (unpaired) electrons. The number of aryl methyl sites for hydroxylation is 1. The smallest absolute Gasteiger partial charge is 0.297 e. The average molecular weight is 427 g/mol. The van der Waals surface area contributed by atoms with E-state index in [1.165, 1.54) is 12.1 Å². The zero-order valence-electron chi connectivity index (χ0n) is 13.7. The molecule has 1 N–H and O–H groups in total. The normalized spacial score (nSPS) is 20.3. The Hall–Kier alpha value is -1.25. The van der Waals surface area contributed by atoms with Gasteiger partial charge in [0, 0.05) is 4.47 Å². The summed E-state index contributed by atoms with van der Waals surface area (Å²) in [4.78, 5) is 0.0948. The van der Waals surface area contributed by atoms with Crippen molar-refractivity contribution in [2.75, 3.05) is 19.8 Å². The summed E-state index contributed by atoms with van der Waals surface area (Å²) in [5.41, 5.74) is 1.80. The first kappa shape index (κ1) is 18.5. The molecule has 2 aromatic rings. The predicted octanol–water partition coefficient (Wildman–Crippen LogP) is 2.92. The fraction of sp³-hybridized carbons (Fsp3) is 0.333. The molecular formula is C18H19BrO5S. The fourth-order valence-electron chi connectivity index (χ4n) is 2.86. The summed E-state index contributed by atoms with van der Waals surface area (Å²) in [6.07, 6.45) is 0. The largest absolute Gasteiger partial charge is 0.395 e. The van der Waals surface area contributed by atoms with Crippen molar-refractivity contribution in [2.45, 2.75) is 23.8 Å². The molecule has 0 fully saturated rings. The highest BCUT2D eigenvalue weighted by atomic mass is 79.9. The molecule has 0 aromatic heterocycles. The van der Waals surface area contributed by atoms with Crippen LogP contribution in [-0.2, 0) is 31.1 Å². The van der Waals surface area contributed by atoms with Crippen LogP contribution in [0.5, 0.6) is 0 Å². The Morgan fingerprint density at radius 3 is 2.64 bits per heavy atom. The van der Waals surface area contributed by atoms with Gasteiger partial charge >= 0.3 is 0 Å². The second kappa shape index (κ2) is 7.17. The van der Waals surface area contributed by atoms with Gasteiger partial charge in [0.25, 0.3) is 10.1 Å². The van der Waals surface area contributed by atoms with Crippen LogP contribution in [0.25, 0.3) is 0 Å². The highest BCUT2D eigenvalue weighted by Gasteiger charge is 2.39. The SMILES string of the molecule is Cc1ccc(S(=O)(=O)OCC2(CO)COCc3ccc(Br)cc32)cc1. The average Bonchev–Trinajstić information content (AvgIpc) is 2.60. The molecule has 0 amide bonds. The highest BCUT2D eigenvalue weighted by Crippen LogP contribution is 2.35. The molecule has 0 aliphatic carbocycles. The van der Waals surface area contributed by atoms with E-state index < -0.39 is 15.5 Å². The van der Waals surface area contributed by atoms with Crippen LogP contribution in [0.3, 0.4) is 0 Å². The Morgan fingerprint density at radius 2 is 1.96 bits per heavy atom. The van der Waals surface area contributed by atoms with Crippen molar-refractivity contribution >= 4 is 26.0 Å². The zero-order valence-corrected chi connectivity index (χ0v) is 16.1. The van der Waals surface area contributed by atoms with Gasteiger partial charge < -0.3 is 9.84 Å². The third kappa shape index (κ3) is 3.80. The van der Waals surface area contributed by atoms with E-state index in [0.29, 0.717) is 6.61 Å². The summed E-state index contributed by atoms with van der Waals surface area (Å²) in [6, 6.07) is 12.1. The molecule has 3 rings (SSSR count). The Morgan fingerprint density at radius 1 is 1.24 bits per heavy atom. The number of ether oxygens (including phenoxy) is 1. The van der Waals surface area contributed by atoms with E-state index in [0.717, 1.165) is 21.2 Å². The summed E-state index contributed by atoms with van der Waals surface area (Å²) in [5.74, 6) is 0. The summed E-state index contributed by atoms with van der Waals surface area (Å²) in [6.45, 7) is 2.03. The van der Waals surface area contributed by atoms with Crippen LogP contribution in [0.2, 0.25) is 0 Å². The van der Waals surface area contributed by atoms with E-state index in [2.05, 4.69) is 15.9 Å². The maximum absolute atomic E-state index is 12.5. The summed E-state index contributed by atoms with van der Waals surface area (Å²) in [5, 5.41) is 10.0. The molecule has 1 unspecified atom stereocenters. The molecule has 7 heteroatoms. The number of benzene rings is 2. The molecule has 25 heavy (non-hydrogen) atoms. The van der Waals surface area contributed by atoms with Crippen molar-refractivity contribution in [3.8, 4) is 0 Å². The standard InChI is InChI=1S/C18H19BrO5S/c1-13-2-6-16(7-3-13)25(21,22)24-12-18(10-20)11-23-9-14-4-5-15(19)8-17(14)18/h2-8,20H,9-12H2,1H3. The van der Waals surface area contributed by atoms with Crippen LogP contribution in [0.4, 0.5) is 0 Å². The van der Waals surface area contributed by atoms with Gasteiger partial charge in [-0.3, -0.25) is 4.18 Å². The first-order chi connectivity index (χ1) is 11.9. The summed E-state index contributed by atoms with van der Waals surface area (Å²) < 4.78 is 36.7. The van der Waals surface area contributed by atoms with Crippen LogP contribution < -0.4 is 0 Å². The summed E-state index contributed by atoms with van der Waals surface area (Å²) in [7, 11) is -3.92. The van der Waals surface area contributed by atoms with E-state index in [1.807, 2.05) is 25.1 Å². The molecule has 1 aliphatic heterocycles. The van der Waals surface area contributed by atoms with Gasteiger partial charge in [0.1, 0.15) is 0 Å². The Balaban J connectivity index is 1.89. The predicted molar refractivity (Wildman–Crippen MR) is 96.9 cm³/mol. The van der Waals surface area contributed by atoms with Gasteiger partial charge in [-0.2, -0.15) is 8.42 Å². The third-order valence-electron chi connectivity index (χ3n) is 4.38. The minimum Gasteiger partial charge on any atom is -0.395 e. The Kier molecular flexibility index (Phi) is 5.31. The lowest BCUT2D eigenvalue weighted by Crippen LogP contribution is -2.44. The third-order valence-corrected chi connectivity index (χ3v) is 6.15. The van der Waals surface area contributed by atoms with Crippen molar-refractivity contribution < 1.29 is 22.4 Å². The quantitative estimate of drug-likeness (QED) is 0.743. The first-order valence-corrected chi connectivity index (χ1v) is 10.0.